The molecule has 0 atom stereocenters. The highest BCUT2D eigenvalue weighted by Gasteiger charge is 2.23. The van der Waals surface area contributed by atoms with Gasteiger partial charge in [-0.1, -0.05) is 93.6 Å². The van der Waals surface area contributed by atoms with E-state index in [0.29, 0.717) is 0 Å². The van der Waals surface area contributed by atoms with Crippen LogP contribution in [-0.4, -0.2) is 13.8 Å². The first-order valence-corrected chi connectivity index (χ1v) is 14.0. The summed E-state index contributed by atoms with van der Waals surface area (Å²) in [5.74, 6) is 0.969. The SMILES string of the molecule is CC(C)(C)c1cccc(-c2cc3c4cc5ccccc5cc4n4c3c(c2)n2c3cc5ccccc5cc3nc24)c1. The minimum absolute atomic E-state index is 0.0839. The van der Waals surface area contributed by atoms with Crippen molar-refractivity contribution in [1.82, 2.24) is 13.8 Å². The monoisotopic (exact) mass is 513 g/mol. The van der Waals surface area contributed by atoms with Crippen LogP contribution in [0.4, 0.5) is 0 Å². The van der Waals surface area contributed by atoms with Crippen molar-refractivity contribution >= 4 is 65.7 Å². The lowest BCUT2D eigenvalue weighted by atomic mass is 9.85. The first-order chi connectivity index (χ1) is 19.4. The molecule has 6 aromatic carbocycles. The number of benzene rings is 6. The second-order valence-corrected chi connectivity index (χ2v) is 12.2. The first-order valence-electron chi connectivity index (χ1n) is 14.0. The Morgan fingerprint density at radius 1 is 0.525 bits per heavy atom. The maximum absolute atomic E-state index is 5.26. The van der Waals surface area contributed by atoms with E-state index in [0.717, 1.165) is 16.8 Å². The predicted molar refractivity (Wildman–Crippen MR) is 169 cm³/mol. The summed E-state index contributed by atoms with van der Waals surface area (Å²) in [5.41, 5.74) is 9.71. The van der Waals surface area contributed by atoms with Gasteiger partial charge in [0, 0.05) is 10.8 Å². The van der Waals surface area contributed by atoms with Crippen molar-refractivity contribution in [1.29, 1.82) is 0 Å². The molecule has 0 aliphatic rings. The Morgan fingerprint density at radius 3 is 1.93 bits per heavy atom. The topological polar surface area (TPSA) is 21.7 Å². The highest BCUT2D eigenvalue weighted by molar-refractivity contribution is 6.20. The molecule has 0 aliphatic carbocycles. The minimum atomic E-state index is 0.0839. The summed E-state index contributed by atoms with van der Waals surface area (Å²) in [6.07, 6.45) is 0. The van der Waals surface area contributed by atoms with Crippen molar-refractivity contribution in [2.45, 2.75) is 26.2 Å². The Hall–Kier alpha value is -4.89. The fraction of sp³-hybridized carbons (Fsp3) is 0.108. The number of aromatic nitrogens is 3. The molecule has 0 unspecified atom stereocenters. The van der Waals surface area contributed by atoms with Gasteiger partial charge in [-0.3, -0.25) is 8.80 Å². The van der Waals surface area contributed by atoms with Crippen LogP contribution in [0, 0.1) is 0 Å². The summed E-state index contributed by atoms with van der Waals surface area (Å²) in [6.45, 7) is 6.84. The van der Waals surface area contributed by atoms with E-state index in [4.69, 9.17) is 4.98 Å². The van der Waals surface area contributed by atoms with E-state index in [-0.39, 0.29) is 5.41 Å². The molecule has 9 rings (SSSR count). The summed E-state index contributed by atoms with van der Waals surface area (Å²) in [5, 5.41) is 7.50. The van der Waals surface area contributed by atoms with Crippen LogP contribution in [0.1, 0.15) is 26.3 Å². The number of hydrogen-bond acceptors (Lipinski definition) is 1. The van der Waals surface area contributed by atoms with Crippen LogP contribution >= 0.6 is 0 Å². The molecule has 0 radical (unpaired) electrons. The molecule has 0 bridgehead atoms. The van der Waals surface area contributed by atoms with Crippen LogP contribution in [-0.2, 0) is 5.41 Å². The predicted octanol–water partition coefficient (Wildman–Crippen LogP) is 9.76. The summed E-state index contributed by atoms with van der Waals surface area (Å²) in [7, 11) is 0. The summed E-state index contributed by atoms with van der Waals surface area (Å²) < 4.78 is 4.75. The molecule has 9 aromatic rings. The van der Waals surface area contributed by atoms with Gasteiger partial charge in [-0.2, -0.15) is 0 Å². The Balaban J connectivity index is 1.49. The van der Waals surface area contributed by atoms with E-state index in [9.17, 15) is 0 Å². The molecule has 3 heteroatoms. The number of fused-ring (bicyclic) bond motifs is 10. The van der Waals surface area contributed by atoms with Crippen molar-refractivity contribution < 1.29 is 0 Å². The van der Waals surface area contributed by atoms with Crippen molar-refractivity contribution in [2.75, 3.05) is 0 Å². The summed E-state index contributed by atoms with van der Waals surface area (Å²) in [6, 6.07) is 40.2. The van der Waals surface area contributed by atoms with Gasteiger partial charge in [-0.05, 0) is 80.0 Å². The van der Waals surface area contributed by atoms with Gasteiger partial charge in [0.2, 0.25) is 5.78 Å². The molecule has 0 N–H and O–H groups in total. The van der Waals surface area contributed by atoms with Crippen LogP contribution < -0.4 is 0 Å². The Bertz CT molecular complexity index is 2470. The summed E-state index contributed by atoms with van der Waals surface area (Å²) in [4.78, 5) is 5.26. The third kappa shape index (κ3) is 2.87. The first kappa shape index (κ1) is 22.0. The second-order valence-electron chi connectivity index (χ2n) is 12.2. The van der Waals surface area contributed by atoms with Crippen molar-refractivity contribution in [2.24, 2.45) is 0 Å². The lowest BCUT2D eigenvalue weighted by molar-refractivity contribution is 0.590. The minimum Gasteiger partial charge on any atom is -0.277 e. The molecular formula is C37H27N3. The quantitative estimate of drug-likeness (QED) is 0.214. The fourth-order valence-corrected chi connectivity index (χ4v) is 6.66. The van der Waals surface area contributed by atoms with Gasteiger partial charge < -0.3 is 0 Å². The van der Waals surface area contributed by atoms with E-state index in [1.165, 1.54) is 65.6 Å². The largest absolute Gasteiger partial charge is 0.277 e. The van der Waals surface area contributed by atoms with Crippen LogP contribution in [0.15, 0.2) is 109 Å². The standard InChI is InChI=1S/C37H27N3/c1-37(2,3)28-14-8-13-22(15-28)27-17-30-29-16-23-9-4-6-11-25(23)19-32(29)40-35(30)34(21-27)39-33-20-26-12-7-5-10-24(26)18-31(33)38-36(39)40/h4-21H,1-3H3. The van der Waals surface area contributed by atoms with Crippen molar-refractivity contribution in [3.8, 4) is 11.1 Å². The van der Waals surface area contributed by atoms with Crippen LogP contribution in [0.3, 0.4) is 0 Å². The van der Waals surface area contributed by atoms with E-state index in [2.05, 4.69) is 139 Å². The molecule has 0 amide bonds. The van der Waals surface area contributed by atoms with Crippen molar-refractivity contribution in [3.63, 3.8) is 0 Å². The zero-order chi connectivity index (χ0) is 26.7. The second kappa shape index (κ2) is 7.40. The molecule has 0 saturated heterocycles. The zero-order valence-electron chi connectivity index (χ0n) is 22.7. The van der Waals surface area contributed by atoms with Gasteiger partial charge in [0.05, 0.1) is 27.6 Å². The third-order valence-corrected chi connectivity index (χ3v) is 8.72. The highest BCUT2D eigenvalue weighted by atomic mass is 15.2. The molecule has 3 heterocycles. The average Bonchev–Trinajstić information content (AvgIpc) is 3.59. The van der Waals surface area contributed by atoms with E-state index < -0.39 is 0 Å². The number of nitrogens with zero attached hydrogens (tertiary/aromatic N) is 3. The highest BCUT2D eigenvalue weighted by Crippen LogP contribution is 2.41. The molecule has 0 aliphatic heterocycles. The molecule has 40 heavy (non-hydrogen) atoms. The van der Waals surface area contributed by atoms with Crippen molar-refractivity contribution in [3.05, 3.63) is 115 Å². The fourth-order valence-electron chi connectivity index (χ4n) is 6.66. The van der Waals surface area contributed by atoms with E-state index in [1.807, 2.05) is 0 Å². The number of hydrogen-bond donors (Lipinski definition) is 0. The molecule has 0 saturated carbocycles. The maximum atomic E-state index is 5.26. The Kier molecular flexibility index (Phi) is 4.06. The van der Waals surface area contributed by atoms with Gasteiger partial charge in [0.1, 0.15) is 0 Å². The van der Waals surface area contributed by atoms with E-state index in [1.54, 1.807) is 0 Å². The van der Waals surface area contributed by atoms with Gasteiger partial charge in [-0.25, -0.2) is 4.98 Å². The Morgan fingerprint density at radius 2 is 1.20 bits per heavy atom. The molecule has 3 nitrogen and oxygen atoms in total. The molecule has 0 fully saturated rings. The van der Waals surface area contributed by atoms with Crippen LogP contribution in [0.2, 0.25) is 0 Å². The van der Waals surface area contributed by atoms with Gasteiger partial charge in [-0.15, -0.1) is 0 Å². The van der Waals surface area contributed by atoms with Gasteiger partial charge in [0.25, 0.3) is 0 Å². The third-order valence-electron chi connectivity index (χ3n) is 8.72. The van der Waals surface area contributed by atoms with E-state index >= 15 is 0 Å². The maximum Gasteiger partial charge on any atom is 0.220 e. The average molecular weight is 514 g/mol. The lowest BCUT2D eigenvalue weighted by Crippen LogP contribution is -2.10. The summed E-state index contributed by atoms with van der Waals surface area (Å²) >= 11 is 0. The molecule has 3 aromatic heterocycles. The Labute approximate surface area is 231 Å². The van der Waals surface area contributed by atoms with Gasteiger partial charge in [0.15, 0.2) is 0 Å². The lowest BCUT2D eigenvalue weighted by Gasteiger charge is -2.20. The number of rotatable bonds is 1. The molecule has 0 spiro atoms. The molecular weight excluding hydrogens is 486 g/mol. The zero-order valence-corrected chi connectivity index (χ0v) is 22.7. The van der Waals surface area contributed by atoms with Crippen LogP contribution in [0.25, 0.3) is 76.8 Å². The molecule has 190 valence electrons. The normalized spacial score (nSPS) is 12.9. The van der Waals surface area contributed by atoms with Crippen LogP contribution in [0.5, 0.6) is 0 Å². The smallest absolute Gasteiger partial charge is 0.220 e. The van der Waals surface area contributed by atoms with Gasteiger partial charge >= 0.3 is 0 Å². The number of imidazole rings is 2.